The zero-order valence-corrected chi connectivity index (χ0v) is 12.7. The van der Waals surface area contributed by atoms with E-state index in [1.165, 1.54) is 0 Å². The molecule has 72 valence electrons. The van der Waals surface area contributed by atoms with Crippen LogP contribution in [0.15, 0.2) is 19.2 Å². The summed E-state index contributed by atoms with van der Waals surface area (Å²) in [6, 6.07) is 0. The van der Waals surface area contributed by atoms with E-state index in [0.717, 1.165) is 0 Å². The van der Waals surface area contributed by atoms with Gasteiger partial charge in [-0.15, -0.1) is 0 Å². The van der Waals surface area contributed by atoms with Crippen molar-refractivity contribution >= 4 is 69.7 Å². The van der Waals surface area contributed by atoms with Gasteiger partial charge in [-0.25, -0.2) is 4.79 Å². The van der Waals surface area contributed by atoms with Crippen LogP contribution in [0, 0.1) is 0 Å². The molecule has 1 aliphatic heterocycles. The number of carbonyl (C=O) groups is 1. The van der Waals surface area contributed by atoms with Crippen LogP contribution in [0.1, 0.15) is 6.92 Å². The van der Waals surface area contributed by atoms with Gasteiger partial charge < -0.3 is 4.74 Å². The number of rotatable bonds is 1. The maximum atomic E-state index is 11.3. The first-order valence-electron chi connectivity index (χ1n) is 3.26. The maximum Gasteiger partial charge on any atom is 0.341 e. The third-order valence-electron chi connectivity index (χ3n) is 1.42. The van der Waals surface area contributed by atoms with Crippen molar-refractivity contribution in [3.63, 3.8) is 0 Å². The van der Waals surface area contributed by atoms with Gasteiger partial charge in [0.2, 0.25) is 0 Å². The highest BCUT2D eigenvalue weighted by Gasteiger charge is 2.32. The Morgan fingerprint density at radius 1 is 1.46 bits per heavy atom. The zero-order chi connectivity index (χ0) is 10.2. The molecular formula is C7H4Br4O2. The van der Waals surface area contributed by atoms with Gasteiger partial charge in [-0.1, -0.05) is 15.9 Å². The Hall–Kier alpha value is 0.870. The molecule has 0 aromatic rings. The summed E-state index contributed by atoms with van der Waals surface area (Å²) in [5.74, 6) is 0.147. The molecule has 0 amide bonds. The normalized spacial score (nSPS) is 19.2. The van der Waals surface area contributed by atoms with E-state index < -0.39 is 0 Å². The molecule has 1 aliphatic rings. The number of esters is 1. The topological polar surface area (TPSA) is 26.3 Å². The lowest BCUT2D eigenvalue weighted by Gasteiger charge is -1.98. The third-order valence-corrected chi connectivity index (χ3v) is 3.39. The van der Waals surface area contributed by atoms with Crippen LogP contribution in [0.4, 0.5) is 0 Å². The lowest BCUT2D eigenvalue weighted by atomic mass is 10.2. The van der Waals surface area contributed by atoms with E-state index in [1.54, 1.807) is 0 Å². The van der Waals surface area contributed by atoms with Crippen LogP contribution >= 0.6 is 63.7 Å². The minimum absolute atomic E-state index is 0.0359. The second-order valence-corrected chi connectivity index (χ2v) is 7.14. The largest absolute Gasteiger partial charge is 0.420 e. The fourth-order valence-corrected chi connectivity index (χ4v) is 3.46. The van der Waals surface area contributed by atoms with E-state index in [2.05, 4.69) is 63.7 Å². The van der Waals surface area contributed by atoms with Crippen molar-refractivity contribution in [1.82, 2.24) is 0 Å². The lowest BCUT2D eigenvalue weighted by Crippen LogP contribution is -2.06. The molecule has 2 nitrogen and oxygen atoms in total. The minimum atomic E-state index is -0.331. The third kappa shape index (κ3) is 2.46. The molecule has 0 saturated heterocycles. The van der Waals surface area contributed by atoms with E-state index in [4.69, 9.17) is 4.74 Å². The molecule has 0 radical (unpaired) electrons. The zero-order valence-electron chi connectivity index (χ0n) is 6.41. The highest BCUT2D eigenvalue weighted by Crippen LogP contribution is 2.39. The SMILES string of the molecule is CC(Br)C1=C(Br)C(=C(Br)Br)OC1=O. The number of halogens is 4. The molecule has 6 heteroatoms. The standard InChI is InChI=1S/C7H4Br4O2/c1-2(8)3-4(9)5(6(10)11)13-7(3)12/h2H,1H3. The molecule has 0 aromatic heterocycles. The molecule has 1 rings (SSSR count). The maximum absolute atomic E-state index is 11.3. The highest BCUT2D eigenvalue weighted by atomic mass is 79.9. The van der Waals surface area contributed by atoms with E-state index in [-0.39, 0.29) is 10.8 Å². The summed E-state index contributed by atoms with van der Waals surface area (Å²) in [6.07, 6.45) is 0. The number of alkyl halides is 1. The Labute approximate surface area is 109 Å². The van der Waals surface area contributed by atoms with Gasteiger partial charge in [0.15, 0.2) is 5.76 Å². The van der Waals surface area contributed by atoms with Crippen LogP contribution in [-0.4, -0.2) is 10.8 Å². The van der Waals surface area contributed by atoms with Crippen molar-refractivity contribution in [2.24, 2.45) is 0 Å². The molecule has 13 heavy (non-hydrogen) atoms. The number of ether oxygens (including phenoxy) is 1. The highest BCUT2D eigenvalue weighted by molar-refractivity contribution is 9.28. The number of carbonyl (C=O) groups excluding carboxylic acids is 1. The summed E-state index contributed by atoms with van der Waals surface area (Å²) in [6.45, 7) is 1.86. The van der Waals surface area contributed by atoms with Crippen molar-refractivity contribution in [2.75, 3.05) is 0 Å². The van der Waals surface area contributed by atoms with Gasteiger partial charge in [0.1, 0.15) is 3.39 Å². The van der Waals surface area contributed by atoms with Crippen LogP contribution in [0.2, 0.25) is 0 Å². The molecule has 0 fully saturated rings. The van der Waals surface area contributed by atoms with Crippen molar-refractivity contribution in [3.05, 3.63) is 19.2 Å². The summed E-state index contributed by atoms with van der Waals surface area (Å²) in [5, 5.41) is 0. The first kappa shape index (κ1) is 11.9. The monoisotopic (exact) mass is 436 g/mol. The Balaban J connectivity index is 3.20. The van der Waals surface area contributed by atoms with Crippen LogP contribution in [0.3, 0.4) is 0 Å². The fourth-order valence-electron chi connectivity index (χ4n) is 0.863. The Kier molecular flexibility index (Phi) is 4.22. The molecule has 1 atom stereocenters. The number of allylic oxidation sites excluding steroid dienone is 1. The van der Waals surface area contributed by atoms with Crippen molar-refractivity contribution in [1.29, 1.82) is 0 Å². The second kappa shape index (κ2) is 4.59. The van der Waals surface area contributed by atoms with Gasteiger partial charge in [0.05, 0.1) is 10.1 Å². The van der Waals surface area contributed by atoms with Gasteiger partial charge in [0, 0.05) is 4.83 Å². The second-order valence-electron chi connectivity index (χ2n) is 2.32. The predicted octanol–water partition coefficient (Wildman–Crippen LogP) is 3.93. The molecule has 0 saturated carbocycles. The minimum Gasteiger partial charge on any atom is -0.420 e. The number of hydrogen-bond donors (Lipinski definition) is 0. The number of cyclic esters (lactones) is 1. The van der Waals surface area contributed by atoms with Gasteiger partial charge >= 0.3 is 5.97 Å². The quantitative estimate of drug-likeness (QED) is 0.457. The van der Waals surface area contributed by atoms with E-state index in [0.29, 0.717) is 19.2 Å². The van der Waals surface area contributed by atoms with Crippen LogP contribution in [-0.2, 0) is 9.53 Å². The van der Waals surface area contributed by atoms with Crippen LogP contribution in [0.5, 0.6) is 0 Å². The van der Waals surface area contributed by atoms with Crippen molar-refractivity contribution < 1.29 is 9.53 Å². The van der Waals surface area contributed by atoms with Crippen molar-refractivity contribution in [2.45, 2.75) is 11.8 Å². The molecule has 0 aliphatic carbocycles. The van der Waals surface area contributed by atoms with Crippen LogP contribution in [0.25, 0.3) is 0 Å². The van der Waals surface area contributed by atoms with Gasteiger partial charge in [0.25, 0.3) is 0 Å². The molecule has 0 bridgehead atoms. The smallest absolute Gasteiger partial charge is 0.341 e. The van der Waals surface area contributed by atoms with Crippen molar-refractivity contribution in [3.8, 4) is 0 Å². The number of hydrogen-bond acceptors (Lipinski definition) is 2. The average molecular weight is 440 g/mol. The summed E-state index contributed by atoms with van der Waals surface area (Å²) in [5.41, 5.74) is 0.589. The average Bonchev–Trinajstić information content (AvgIpc) is 2.26. The van der Waals surface area contributed by atoms with Gasteiger partial charge in [-0.2, -0.15) is 0 Å². The Morgan fingerprint density at radius 3 is 2.23 bits per heavy atom. The fraction of sp³-hybridized carbons (Fsp3) is 0.286. The van der Waals surface area contributed by atoms with E-state index >= 15 is 0 Å². The molecular weight excluding hydrogens is 436 g/mol. The molecule has 1 unspecified atom stereocenters. The Morgan fingerprint density at radius 2 is 2.00 bits per heavy atom. The van der Waals surface area contributed by atoms with Gasteiger partial charge in [-0.3, -0.25) is 0 Å². The van der Waals surface area contributed by atoms with E-state index in [9.17, 15) is 4.79 Å². The molecule has 0 aromatic carbocycles. The summed E-state index contributed by atoms with van der Waals surface area (Å²) >= 11 is 13.0. The first-order valence-corrected chi connectivity index (χ1v) is 6.56. The van der Waals surface area contributed by atoms with E-state index in [1.807, 2.05) is 6.92 Å². The summed E-state index contributed by atoms with van der Waals surface area (Å²) in [7, 11) is 0. The lowest BCUT2D eigenvalue weighted by molar-refractivity contribution is -0.133. The summed E-state index contributed by atoms with van der Waals surface area (Å²) < 4.78 is 6.29. The predicted molar refractivity (Wildman–Crippen MR) is 65.3 cm³/mol. The molecule has 0 N–H and O–H groups in total. The molecule has 0 spiro atoms. The van der Waals surface area contributed by atoms with Gasteiger partial charge in [-0.05, 0) is 54.7 Å². The Bertz CT molecular complexity index is 312. The first-order chi connectivity index (χ1) is 5.95. The summed E-state index contributed by atoms with van der Waals surface area (Å²) in [4.78, 5) is 11.3. The van der Waals surface area contributed by atoms with Crippen LogP contribution < -0.4 is 0 Å². The molecule has 1 heterocycles.